The molecule has 0 aromatic carbocycles. The van der Waals surface area contributed by atoms with Gasteiger partial charge in [0, 0.05) is 24.5 Å². The van der Waals surface area contributed by atoms with Crippen molar-refractivity contribution in [2.45, 2.75) is 44.2 Å². The van der Waals surface area contributed by atoms with Gasteiger partial charge in [0.1, 0.15) is 0 Å². The second kappa shape index (κ2) is 5.01. The molecule has 2 fully saturated rings. The first kappa shape index (κ1) is 11.0. The number of aromatic nitrogens is 1. The van der Waals surface area contributed by atoms with Crippen LogP contribution in [0.15, 0.2) is 30.6 Å². The Bertz CT molecular complexity index is 385. The summed E-state index contributed by atoms with van der Waals surface area (Å²) in [5.41, 5.74) is 1.21. The monoisotopic (exact) mass is 228 g/mol. The molecule has 2 aliphatic heterocycles. The van der Waals surface area contributed by atoms with E-state index in [2.05, 4.69) is 28.1 Å². The minimum Gasteiger partial charge on any atom is -0.297 e. The zero-order valence-corrected chi connectivity index (χ0v) is 10.3. The highest BCUT2D eigenvalue weighted by atomic mass is 15.2. The summed E-state index contributed by atoms with van der Waals surface area (Å²) in [6.45, 7) is 1.33. The van der Waals surface area contributed by atoms with Crippen molar-refractivity contribution in [1.29, 1.82) is 0 Å². The summed E-state index contributed by atoms with van der Waals surface area (Å²) >= 11 is 0. The minimum absolute atomic E-state index is 0.801. The second-order valence-electron chi connectivity index (χ2n) is 5.19. The standard InChI is InChI=1S/C15H20N2/c1(4-13-5-2-10-16-12-13)6-14-8-9-15-7-3-11-17(14)15/h1-2,4-5,10,12,14-15H,3,6-9,11H2. The lowest BCUT2D eigenvalue weighted by atomic mass is 10.1. The van der Waals surface area contributed by atoms with Crippen LogP contribution < -0.4 is 0 Å². The van der Waals surface area contributed by atoms with Gasteiger partial charge in [-0.05, 0) is 50.3 Å². The Balaban J connectivity index is 1.56. The van der Waals surface area contributed by atoms with E-state index in [-0.39, 0.29) is 0 Å². The van der Waals surface area contributed by atoms with E-state index in [9.17, 15) is 0 Å². The number of pyridine rings is 1. The molecule has 3 rings (SSSR count). The predicted octanol–water partition coefficient (Wildman–Crippen LogP) is 3.11. The molecule has 2 heteroatoms. The molecular formula is C15H20N2. The van der Waals surface area contributed by atoms with Crippen LogP contribution in [0.2, 0.25) is 0 Å². The second-order valence-corrected chi connectivity index (χ2v) is 5.19. The van der Waals surface area contributed by atoms with Crippen molar-refractivity contribution < 1.29 is 0 Å². The molecule has 1 aromatic heterocycles. The van der Waals surface area contributed by atoms with Crippen LogP contribution in [-0.4, -0.2) is 28.5 Å². The van der Waals surface area contributed by atoms with Gasteiger partial charge in [-0.25, -0.2) is 0 Å². The maximum atomic E-state index is 4.13. The SMILES string of the molecule is C(=Cc1cccnc1)CC1CCC2CCCN12. The van der Waals surface area contributed by atoms with Crippen LogP contribution in [0.5, 0.6) is 0 Å². The molecule has 0 radical (unpaired) electrons. The fraction of sp³-hybridized carbons (Fsp3) is 0.533. The summed E-state index contributed by atoms with van der Waals surface area (Å²) in [4.78, 5) is 6.86. The number of hydrogen-bond acceptors (Lipinski definition) is 2. The highest BCUT2D eigenvalue weighted by Gasteiger charge is 2.35. The molecule has 0 amide bonds. The Morgan fingerprint density at radius 2 is 2.35 bits per heavy atom. The summed E-state index contributed by atoms with van der Waals surface area (Å²) in [6.07, 6.45) is 15.1. The van der Waals surface area contributed by atoms with Crippen LogP contribution in [0.3, 0.4) is 0 Å². The van der Waals surface area contributed by atoms with E-state index in [0.717, 1.165) is 12.1 Å². The lowest BCUT2D eigenvalue weighted by Gasteiger charge is -2.22. The van der Waals surface area contributed by atoms with Crippen molar-refractivity contribution >= 4 is 6.08 Å². The highest BCUT2D eigenvalue weighted by molar-refractivity contribution is 5.47. The molecule has 0 bridgehead atoms. The van der Waals surface area contributed by atoms with Gasteiger partial charge in [0.2, 0.25) is 0 Å². The lowest BCUT2D eigenvalue weighted by molar-refractivity contribution is 0.247. The Kier molecular flexibility index (Phi) is 3.23. The molecule has 1 aromatic rings. The minimum atomic E-state index is 0.801. The predicted molar refractivity (Wildman–Crippen MR) is 70.6 cm³/mol. The van der Waals surface area contributed by atoms with E-state index in [1.807, 2.05) is 18.5 Å². The van der Waals surface area contributed by atoms with Crippen molar-refractivity contribution in [1.82, 2.24) is 9.88 Å². The van der Waals surface area contributed by atoms with Gasteiger partial charge in [-0.2, -0.15) is 0 Å². The maximum Gasteiger partial charge on any atom is 0.0340 e. The Hall–Kier alpha value is -1.15. The van der Waals surface area contributed by atoms with Crippen LogP contribution >= 0.6 is 0 Å². The molecular weight excluding hydrogens is 208 g/mol. The van der Waals surface area contributed by atoms with Gasteiger partial charge in [-0.1, -0.05) is 18.2 Å². The third-order valence-corrected chi connectivity index (χ3v) is 4.13. The number of fused-ring (bicyclic) bond motifs is 1. The van der Waals surface area contributed by atoms with Crippen LogP contribution in [0, 0.1) is 0 Å². The Morgan fingerprint density at radius 3 is 3.24 bits per heavy atom. The molecule has 2 atom stereocenters. The smallest absolute Gasteiger partial charge is 0.0340 e. The summed E-state index contributed by atoms with van der Waals surface area (Å²) in [6, 6.07) is 5.81. The molecule has 2 saturated heterocycles. The van der Waals surface area contributed by atoms with Crippen LogP contribution in [0.1, 0.15) is 37.7 Å². The Morgan fingerprint density at radius 1 is 1.35 bits per heavy atom. The molecule has 0 aliphatic carbocycles. The van der Waals surface area contributed by atoms with Gasteiger partial charge in [-0.15, -0.1) is 0 Å². The van der Waals surface area contributed by atoms with E-state index in [1.54, 1.807) is 0 Å². The van der Waals surface area contributed by atoms with Gasteiger partial charge in [-0.3, -0.25) is 9.88 Å². The van der Waals surface area contributed by atoms with Crippen LogP contribution in [0.25, 0.3) is 6.08 Å². The van der Waals surface area contributed by atoms with E-state index >= 15 is 0 Å². The first-order chi connectivity index (χ1) is 8.43. The molecule has 0 spiro atoms. The molecule has 0 N–H and O–H groups in total. The van der Waals surface area contributed by atoms with E-state index in [0.29, 0.717) is 0 Å². The lowest BCUT2D eigenvalue weighted by Crippen LogP contribution is -2.30. The van der Waals surface area contributed by atoms with Gasteiger partial charge in [0.25, 0.3) is 0 Å². The number of hydrogen-bond donors (Lipinski definition) is 0. The average molecular weight is 228 g/mol. The fourth-order valence-corrected chi connectivity index (χ4v) is 3.29. The first-order valence-electron chi connectivity index (χ1n) is 6.76. The largest absolute Gasteiger partial charge is 0.297 e. The van der Waals surface area contributed by atoms with Gasteiger partial charge in [0.15, 0.2) is 0 Å². The van der Waals surface area contributed by atoms with E-state index < -0.39 is 0 Å². The maximum absolute atomic E-state index is 4.13. The first-order valence-corrected chi connectivity index (χ1v) is 6.76. The molecule has 0 saturated carbocycles. The van der Waals surface area contributed by atoms with Crippen molar-refractivity contribution in [3.8, 4) is 0 Å². The zero-order chi connectivity index (χ0) is 11.5. The van der Waals surface area contributed by atoms with Crippen LogP contribution in [-0.2, 0) is 0 Å². The van der Waals surface area contributed by atoms with E-state index in [1.165, 1.54) is 44.2 Å². The molecule has 90 valence electrons. The van der Waals surface area contributed by atoms with Gasteiger partial charge >= 0.3 is 0 Å². The molecule has 2 nitrogen and oxygen atoms in total. The average Bonchev–Trinajstić information content (AvgIpc) is 2.95. The summed E-state index contributed by atoms with van der Waals surface area (Å²) in [7, 11) is 0. The van der Waals surface area contributed by atoms with E-state index in [4.69, 9.17) is 0 Å². The van der Waals surface area contributed by atoms with Crippen molar-refractivity contribution in [3.05, 3.63) is 36.2 Å². The summed E-state index contributed by atoms with van der Waals surface area (Å²) < 4.78 is 0. The third-order valence-electron chi connectivity index (χ3n) is 4.13. The number of rotatable bonds is 3. The van der Waals surface area contributed by atoms with Crippen LogP contribution in [0.4, 0.5) is 0 Å². The topological polar surface area (TPSA) is 16.1 Å². The van der Waals surface area contributed by atoms with Crippen molar-refractivity contribution in [2.75, 3.05) is 6.54 Å². The van der Waals surface area contributed by atoms with Gasteiger partial charge in [0.05, 0.1) is 0 Å². The normalized spacial score (nSPS) is 28.9. The third kappa shape index (κ3) is 2.42. The summed E-state index contributed by atoms with van der Waals surface area (Å²) in [5, 5.41) is 0. The quantitative estimate of drug-likeness (QED) is 0.790. The fourth-order valence-electron chi connectivity index (χ4n) is 3.29. The molecule has 17 heavy (non-hydrogen) atoms. The number of nitrogens with zero attached hydrogens (tertiary/aromatic N) is 2. The zero-order valence-electron chi connectivity index (χ0n) is 10.3. The molecule has 2 unspecified atom stereocenters. The Labute approximate surface area is 103 Å². The van der Waals surface area contributed by atoms with Crippen molar-refractivity contribution in [3.63, 3.8) is 0 Å². The summed E-state index contributed by atoms with van der Waals surface area (Å²) in [5.74, 6) is 0. The van der Waals surface area contributed by atoms with Crippen molar-refractivity contribution in [2.24, 2.45) is 0 Å². The highest BCUT2D eigenvalue weighted by Crippen LogP contribution is 2.33. The van der Waals surface area contributed by atoms with Gasteiger partial charge < -0.3 is 0 Å². The molecule has 3 heterocycles. The molecule has 2 aliphatic rings.